The largest absolute Gasteiger partial charge is 0.493 e. The van der Waals surface area contributed by atoms with E-state index in [1.54, 1.807) is 7.11 Å². The number of aliphatic imine (C=N–C) groups is 1. The highest BCUT2D eigenvalue weighted by molar-refractivity contribution is 5.79. The van der Waals surface area contributed by atoms with Gasteiger partial charge in [-0.25, -0.2) is 0 Å². The van der Waals surface area contributed by atoms with E-state index in [-0.39, 0.29) is 6.10 Å². The zero-order valence-electron chi connectivity index (χ0n) is 19.6. The third-order valence-corrected chi connectivity index (χ3v) is 5.79. The number of guanidine groups is 1. The van der Waals surface area contributed by atoms with E-state index in [9.17, 15) is 0 Å². The van der Waals surface area contributed by atoms with Gasteiger partial charge in [0.15, 0.2) is 17.5 Å². The molecule has 1 saturated heterocycles. The molecule has 0 bridgehead atoms. The van der Waals surface area contributed by atoms with Gasteiger partial charge in [-0.1, -0.05) is 36.4 Å². The van der Waals surface area contributed by atoms with E-state index in [0.717, 1.165) is 62.8 Å². The maximum Gasteiger partial charge on any atom is 0.190 e. The van der Waals surface area contributed by atoms with Crippen molar-refractivity contribution in [3.05, 3.63) is 59.7 Å². The first-order valence-corrected chi connectivity index (χ1v) is 11.7. The van der Waals surface area contributed by atoms with Crippen LogP contribution in [0.3, 0.4) is 0 Å². The molecule has 32 heavy (non-hydrogen) atoms. The molecule has 174 valence electrons. The van der Waals surface area contributed by atoms with E-state index in [1.807, 2.05) is 20.0 Å². The van der Waals surface area contributed by atoms with Crippen molar-refractivity contribution in [2.45, 2.75) is 38.7 Å². The van der Waals surface area contributed by atoms with E-state index >= 15 is 0 Å². The third kappa shape index (κ3) is 6.89. The fraction of sp³-hybridized carbons (Fsp3) is 0.500. The number of nitrogens with zero attached hydrogens (tertiary/aromatic N) is 1. The first-order chi connectivity index (χ1) is 15.7. The van der Waals surface area contributed by atoms with Crippen molar-refractivity contribution < 1.29 is 14.2 Å². The van der Waals surface area contributed by atoms with Crippen molar-refractivity contribution in [1.29, 1.82) is 0 Å². The fourth-order valence-electron chi connectivity index (χ4n) is 4.16. The summed E-state index contributed by atoms with van der Waals surface area (Å²) in [4.78, 5) is 4.39. The lowest BCUT2D eigenvalue weighted by Gasteiger charge is -2.32. The van der Waals surface area contributed by atoms with Crippen molar-refractivity contribution in [3.8, 4) is 11.5 Å². The average molecular weight is 440 g/mol. The van der Waals surface area contributed by atoms with Crippen LogP contribution in [0.2, 0.25) is 0 Å². The van der Waals surface area contributed by atoms with Crippen LogP contribution in [-0.2, 0) is 11.2 Å². The number of nitrogens with one attached hydrogen (secondary N) is 2. The molecule has 2 atom stereocenters. The minimum atomic E-state index is 0.144. The molecule has 1 aliphatic rings. The van der Waals surface area contributed by atoms with Gasteiger partial charge in [0.1, 0.15) is 0 Å². The van der Waals surface area contributed by atoms with E-state index < -0.39 is 0 Å². The van der Waals surface area contributed by atoms with Gasteiger partial charge in [-0.05, 0) is 55.9 Å². The lowest BCUT2D eigenvalue weighted by Crippen LogP contribution is -2.42. The first kappa shape index (κ1) is 23.9. The number of rotatable bonds is 10. The zero-order chi connectivity index (χ0) is 22.6. The van der Waals surface area contributed by atoms with Crippen LogP contribution in [0.1, 0.15) is 43.4 Å². The van der Waals surface area contributed by atoms with E-state index in [2.05, 4.69) is 58.1 Å². The SMILES string of the molecule is CCOc1cc(CCCNC(=NC)NCC2CCCOC2c2ccccc2)ccc1OC. The van der Waals surface area contributed by atoms with Gasteiger partial charge in [0.25, 0.3) is 0 Å². The molecule has 2 N–H and O–H groups in total. The van der Waals surface area contributed by atoms with E-state index in [0.29, 0.717) is 12.5 Å². The second-order valence-electron chi connectivity index (χ2n) is 8.01. The summed E-state index contributed by atoms with van der Waals surface area (Å²) in [5.41, 5.74) is 2.50. The first-order valence-electron chi connectivity index (χ1n) is 11.7. The highest BCUT2D eigenvalue weighted by Gasteiger charge is 2.27. The van der Waals surface area contributed by atoms with Crippen LogP contribution in [-0.4, -0.2) is 46.4 Å². The molecule has 1 heterocycles. The van der Waals surface area contributed by atoms with Crippen molar-refractivity contribution >= 4 is 5.96 Å². The molecule has 2 aromatic rings. The van der Waals surface area contributed by atoms with Crippen LogP contribution in [0.4, 0.5) is 0 Å². The fourth-order valence-corrected chi connectivity index (χ4v) is 4.16. The number of hydrogen-bond donors (Lipinski definition) is 2. The van der Waals surface area contributed by atoms with Gasteiger partial charge in [0.2, 0.25) is 0 Å². The Labute approximate surface area is 192 Å². The summed E-state index contributed by atoms with van der Waals surface area (Å²) >= 11 is 0. The molecule has 2 unspecified atom stereocenters. The molecule has 0 radical (unpaired) electrons. The molecule has 6 heteroatoms. The predicted molar refractivity (Wildman–Crippen MR) is 130 cm³/mol. The molecule has 1 fully saturated rings. The lowest BCUT2D eigenvalue weighted by atomic mass is 9.89. The lowest BCUT2D eigenvalue weighted by molar-refractivity contribution is -0.0265. The molecular weight excluding hydrogens is 402 g/mol. The molecule has 6 nitrogen and oxygen atoms in total. The molecule has 0 aromatic heterocycles. The second kappa shape index (κ2) is 13.0. The van der Waals surface area contributed by atoms with Crippen molar-refractivity contribution in [2.75, 3.05) is 40.5 Å². The summed E-state index contributed by atoms with van der Waals surface area (Å²) in [6, 6.07) is 16.7. The van der Waals surface area contributed by atoms with E-state index in [1.165, 1.54) is 11.1 Å². The van der Waals surface area contributed by atoms with Crippen LogP contribution in [0.5, 0.6) is 11.5 Å². The molecule has 0 aliphatic carbocycles. The number of benzene rings is 2. The monoisotopic (exact) mass is 439 g/mol. The van der Waals surface area contributed by atoms with Gasteiger partial charge in [0.05, 0.1) is 19.8 Å². The quantitative estimate of drug-likeness (QED) is 0.327. The summed E-state index contributed by atoms with van der Waals surface area (Å²) in [6.07, 6.45) is 4.36. The Bertz CT molecular complexity index is 841. The Morgan fingerprint density at radius 2 is 1.97 bits per heavy atom. The summed E-state index contributed by atoms with van der Waals surface area (Å²) in [5.74, 6) is 2.85. The Kier molecular flexibility index (Phi) is 9.69. The molecular formula is C26H37N3O3. The summed E-state index contributed by atoms with van der Waals surface area (Å²) < 4.78 is 17.2. The Hall–Kier alpha value is -2.73. The van der Waals surface area contributed by atoms with Crippen molar-refractivity contribution in [2.24, 2.45) is 10.9 Å². The number of methoxy groups -OCH3 is 1. The van der Waals surface area contributed by atoms with Crippen molar-refractivity contribution in [3.63, 3.8) is 0 Å². The van der Waals surface area contributed by atoms with Gasteiger partial charge in [-0.15, -0.1) is 0 Å². The van der Waals surface area contributed by atoms with Crippen LogP contribution in [0.25, 0.3) is 0 Å². The molecule has 3 rings (SSSR count). The number of aryl methyl sites for hydroxylation is 1. The van der Waals surface area contributed by atoms with Crippen molar-refractivity contribution in [1.82, 2.24) is 10.6 Å². The van der Waals surface area contributed by atoms with Gasteiger partial charge in [0, 0.05) is 32.7 Å². The summed E-state index contributed by atoms with van der Waals surface area (Å²) in [5, 5.41) is 6.94. The van der Waals surface area contributed by atoms with Gasteiger partial charge in [-0.2, -0.15) is 0 Å². The van der Waals surface area contributed by atoms with E-state index in [4.69, 9.17) is 14.2 Å². The molecule has 0 spiro atoms. The topological polar surface area (TPSA) is 64.1 Å². The van der Waals surface area contributed by atoms with Crippen LogP contribution < -0.4 is 20.1 Å². The zero-order valence-corrected chi connectivity index (χ0v) is 19.6. The highest BCUT2D eigenvalue weighted by atomic mass is 16.5. The minimum absolute atomic E-state index is 0.144. The Morgan fingerprint density at radius 1 is 1.12 bits per heavy atom. The maximum atomic E-state index is 6.11. The number of hydrogen-bond acceptors (Lipinski definition) is 4. The van der Waals surface area contributed by atoms with Crippen LogP contribution in [0, 0.1) is 5.92 Å². The van der Waals surface area contributed by atoms with Gasteiger partial charge < -0.3 is 24.8 Å². The molecule has 1 aliphatic heterocycles. The maximum absolute atomic E-state index is 6.11. The minimum Gasteiger partial charge on any atom is -0.493 e. The van der Waals surface area contributed by atoms with Crippen LogP contribution >= 0.6 is 0 Å². The number of ether oxygens (including phenoxy) is 3. The smallest absolute Gasteiger partial charge is 0.190 e. The Morgan fingerprint density at radius 3 is 2.72 bits per heavy atom. The van der Waals surface area contributed by atoms with Gasteiger partial charge in [-0.3, -0.25) is 4.99 Å². The third-order valence-electron chi connectivity index (χ3n) is 5.79. The average Bonchev–Trinajstić information content (AvgIpc) is 2.85. The molecule has 2 aromatic carbocycles. The standard InChI is InChI=1S/C26H37N3O3/c1-4-31-24-18-20(14-15-23(24)30-3)10-8-16-28-26(27-2)29-19-22-13-9-17-32-25(22)21-11-6-5-7-12-21/h5-7,11-12,14-15,18,22,25H,4,8-10,13,16-17,19H2,1-3H3,(H2,27,28,29). The molecule has 0 saturated carbocycles. The summed E-state index contributed by atoms with van der Waals surface area (Å²) in [6.45, 7) is 5.13. The van der Waals surface area contributed by atoms with Gasteiger partial charge >= 0.3 is 0 Å². The molecule has 0 amide bonds. The highest BCUT2D eigenvalue weighted by Crippen LogP contribution is 2.33. The normalized spacial score (nSPS) is 18.8. The summed E-state index contributed by atoms with van der Waals surface area (Å²) in [7, 11) is 3.49. The second-order valence-corrected chi connectivity index (χ2v) is 8.01. The predicted octanol–water partition coefficient (Wildman–Crippen LogP) is 4.36. The Balaban J connectivity index is 1.44. The van der Waals surface area contributed by atoms with Crippen LogP contribution in [0.15, 0.2) is 53.5 Å².